The van der Waals surface area contributed by atoms with E-state index in [4.69, 9.17) is 27.3 Å². The van der Waals surface area contributed by atoms with Crippen LogP contribution in [0.4, 0.5) is 5.13 Å². The summed E-state index contributed by atoms with van der Waals surface area (Å²) < 4.78 is 6.21. The average molecular weight is 654 g/mol. The van der Waals surface area contributed by atoms with Gasteiger partial charge in [-0.25, -0.2) is 14.3 Å². The van der Waals surface area contributed by atoms with E-state index >= 15 is 0 Å². The fourth-order valence-corrected chi connectivity index (χ4v) is 7.01. The largest absolute Gasteiger partial charge is 0.480 e. The molecule has 42 heavy (non-hydrogen) atoms. The van der Waals surface area contributed by atoms with Gasteiger partial charge >= 0.3 is 17.8 Å². The van der Waals surface area contributed by atoms with E-state index < -0.39 is 48.3 Å². The first-order chi connectivity index (χ1) is 20.1. The Morgan fingerprint density at radius 1 is 1.29 bits per heavy atom. The van der Waals surface area contributed by atoms with Gasteiger partial charge < -0.3 is 26.1 Å². The van der Waals surface area contributed by atoms with E-state index in [-0.39, 0.29) is 33.3 Å². The lowest BCUT2D eigenvalue weighted by atomic mass is 9.98. The molecule has 17 nitrogen and oxygen atoms in total. The highest BCUT2D eigenvalue weighted by molar-refractivity contribution is 8.14. The summed E-state index contributed by atoms with van der Waals surface area (Å²) in [5, 5.41) is 37.4. The van der Waals surface area contributed by atoms with Crippen LogP contribution in [0.2, 0.25) is 5.02 Å². The van der Waals surface area contributed by atoms with Gasteiger partial charge in [0.25, 0.3) is 17.0 Å². The van der Waals surface area contributed by atoms with Crippen LogP contribution in [-0.2, 0) is 25.7 Å². The maximum Gasteiger partial charge on any atom is 0.422 e. The highest BCUT2D eigenvalue weighted by atomic mass is 35.5. The van der Waals surface area contributed by atoms with Crippen molar-refractivity contribution in [3.05, 3.63) is 35.1 Å². The van der Waals surface area contributed by atoms with E-state index in [1.54, 1.807) is 12.1 Å². The van der Waals surface area contributed by atoms with E-state index in [2.05, 4.69) is 35.4 Å². The minimum atomic E-state index is -1.23. The molecule has 5 N–H and O–H groups in total. The Labute approximate surface area is 252 Å². The number of aliphatic carboxylic acids is 2. The van der Waals surface area contributed by atoms with Crippen LogP contribution >= 0.6 is 46.7 Å². The Kier molecular flexibility index (Phi) is 8.66. The number of anilines is 1. The van der Waals surface area contributed by atoms with Gasteiger partial charge in [0.05, 0.1) is 5.92 Å². The molecule has 4 heterocycles. The third-order valence-electron chi connectivity index (χ3n) is 5.80. The number of hydrogen-bond donors (Lipinski definition) is 4. The summed E-state index contributed by atoms with van der Waals surface area (Å²) in [6, 6.07) is 3.83. The van der Waals surface area contributed by atoms with Crippen molar-refractivity contribution < 1.29 is 38.8 Å². The molecule has 2 aliphatic heterocycles. The van der Waals surface area contributed by atoms with Crippen LogP contribution in [0.25, 0.3) is 0 Å². The Morgan fingerprint density at radius 2 is 2.05 bits per heavy atom. The molecule has 0 saturated carbocycles. The molecule has 218 valence electrons. The highest BCUT2D eigenvalue weighted by Crippen LogP contribution is 2.34. The number of carbonyl (C=O) groups is 4. The molecule has 3 unspecified atom stereocenters. The lowest BCUT2D eigenvalue weighted by Crippen LogP contribution is -2.68. The molecular formula is C21H18ClN10O7S3+. The Balaban J connectivity index is 1.31. The summed E-state index contributed by atoms with van der Waals surface area (Å²) in [4.78, 5) is 59.0. The molecule has 1 aromatic carbocycles. The number of benzene rings is 1. The molecule has 2 aromatic heterocycles. The van der Waals surface area contributed by atoms with E-state index in [9.17, 15) is 24.3 Å². The van der Waals surface area contributed by atoms with Gasteiger partial charge in [0.15, 0.2) is 10.9 Å². The number of carboxylic acid groups (broad SMARTS) is 2. The number of carboxylic acids is 2. The van der Waals surface area contributed by atoms with Crippen LogP contribution < -0.4 is 15.9 Å². The maximum absolute atomic E-state index is 13.2. The van der Waals surface area contributed by atoms with E-state index in [0.717, 1.165) is 32.6 Å². The molecule has 0 bridgehead atoms. The molecule has 2 amide bonds. The fraction of sp³-hybridized carbons (Fsp3) is 0.286. The second-order valence-corrected chi connectivity index (χ2v) is 11.8. The zero-order chi connectivity index (χ0) is 30.0. The normalized spacial score (nSPS) is 20.1. The zero-order valence-corrected chi connectivity index (χ0v) is 24.1. The predicted octanol–water partition coefficient (Wildman–Crippen LogP) is -0.328. The van der Waals surface area contributed by atoms with Crippen molar-refractivity contribution in [3.63, 3.8) is 0 Å². The quantitative estimate of drug-likeness (QED) is 0.0896. The van der Waals surface area contributed by atoms with Gasteiger partial charge in [-0.1, -0.05) is 40.3 Å². The number of amides is 2. The number of hydrogen-bond acceptors (Lipinski definition) is 15. The van der Waals surface area contributed by atoms with Gasteiger partial charge in [-0.2, -0.15) is 9.36 Å². The SMILES string of the molecule is Nc1nc(C(=NOc2ccc(Cl)cc2)C(=O)NC2C(=O)[N+]3=C2SCC(CSc2nnnn2CC(=O)O)C3C(=O)O)ns1. The Morgan fingerprint density at radius 3 is 2.71 bits per heavy atom. The van der Waals surface area contributed by atoms with Crippen LogP contribution in [-0.4, -0.2) is 102 Å². The number of nitrogens with one attached hydrogen (secondary N) is 1. The smallest absolute Gasteiger partial charge is 0.422 e. The number of nitrogens with zero attached hydrogens (tertiary/aromatic N) is 8. The van der Waals surface area contributed by atoms with E-state index in [1.165, 1.54) is 23.9 Å². The number of halogens is 1. The van der Waals surface area contributed by atoms with Crippen LogP contribution in [0.5, 0.6) is 5.75 Å². The number of rotatable bonds is 11. The summed E-state index contributed by atoms with van der Waals surface area (Å²) in [6.07, 6.45) is 0. The van der Waals surface area contributed by atoms with Crippen molar-refractivity contribution in [1.29, 1.82) is 0 Å². The molecule has 0 aliphatic carbocycles. The second kappa shape index (κ2) is 12.4. The van der Waals surface area contributed by atoms with Crippen molar-refractivity contribution in [1.82, 2.24) is 34.9 Å². The van der Waals surface area contributed by atoms with Crippen LogP contribution in [0.15, 0.2) is 34.6 Å². The third-order valence-corrected chi connectivity index (χ3v) is 9.07. The summed E-state index contributed by atoms with van der Waals surface area (Å²) in [6.45, 7) is -0.458. The number of aromatic nitrogens is 6. The van der Waals surface area contributed by atoms with Crippen molar-refractivity contribution >= 4 is 86.3 Å². The summed E-state index contributed by atoms with van der Waals surface area (Å²) in [5.74, 6) is -3.77. The van der Waals surface area contributed by atoms with Gasteiger partial charge in [-0.15, -0.1) is 9.67 Å². The zero-order valence-electron chi connectivity index (χ0n) is 20.9. The topological polar surface area (TPSA) is 241 Å². The van der Waals surface area contributed by atoms with Crippen molar-refractivity contribution in [2.75, 3.05) is 17.2 Å². The molecule has 0 radical (unpaired) electrons. The molecule has 21 heteroatoms. The third kappa shape index (κ3) is 6.20. The Hall–Kier alpha value is -4.14. The first-order valence-electron chi connectivity index (χ1n) is 11.7. The predicted molar refractivity (Wildman–Crippen MR) is 149 cm³/mol. The number of carbonyl (C=O) groups excluding carboxylic acids is 2. The number of nitrogen functional groups attached to an aromatic ring is 1. The van der Waals surface area contributed by atoms with Gasteiger partial charge in [-0.05, 0) is 34.7 Å². The number of oxime groups is 1. The molecule has 0 spiro atoms. The second-order valence-electron chi connectivity index (χ2n) is 8.57. The lowest BCUT2D eigenvalue weighted by Gasteiger charge is -2.33. The molecule has 3 atom stereocenters. The van der Waals surface area contributed by atoms with Crippen LogP contribution in [0.1, 0.15) is 5.82 Å². The minimum absolute atomic E-state index is 0.0744. The van der Waals surface area contributed by atoms with E-state index in [0.29, 0.717) is 15.8 Å². The van der Waals surface area contributed by atoms with Gasteiger partial charge in [0, 0.05) is 28.1 Å². The highest BCUT2D eigenvalue weighted by Gasteiger charge is 2.60. The molecular weight excluding hydrogens is 636 g/mol. The minimum Gasteiger partial charge on any atom is -0.480 e. The van der Waals surface area contributed by atoms with Crippen LogP contribution in [0, 0.1) is 5.92 Å². The average Bonchev–Trinajstić information content (AvgIpc) is 3.58. The molecule has 5 rings (SSSR count). The number of tetrazole rings is 1. The fourth-order valence-electron chi connectivity index (χ4n) is 3.94. The van der Waals surface area contributed by atoms with Crippen LogP contribution in [0.3, 0.4) is 0 Å². The molecule has 0 fully saturated rings. The van der Waals surface area contributed by atoms with Gasteiger partial charge in [-0.3, -0.25) is 9.59 Å². The van der Waals surface area contributed by atoms with Gasteiger partial charge in [0.2, 0.25) is 22.7 Å². The number of thioether (sulfide) groups is 2. The Bertz CT molecular complexity index is 1630. The number of nitrogens with two attached hydrogens (primary N) is 1. The molecule has 0 saturated heterocycles. The maximum atomic E-state index is 13.2. The van der Waals surface area contributed by atoms with Crippen molar-refractivity contribution in [3.8, 4) is 5.75 Å². The summed E-state index contributed by atoms with van der Waals surface area (Å²) in [7, 11) is 0. The van der Waals surface area contributed by atoms with Gasteiger partial charge in [0.1, 0.15) is 6.54 Å². The summed E-state index contributed by atoms with van der Waals surface area (Å²) >= 11 is 9.01. The molecule has 2 aliphatic rings. The van der Waals surface area contributed by atoms with Crippen molar-refractivity contribution in [2.45, 2.75) is 23.8 Å². The monoisotopic (exact) mass is 653 g/mol. The standard InChI is InChI=1S/C21H17ClN10O7S3/c22-9-1-3-10(4-2-9)39-27-12(15-25-20(23)42-28-15)16(35)24-13-17(36)32-14(19(37)38)8(6-40-18(13)32)7-41-21-26-29-30-31(21)5-11(33)34/h1-4,8,13-14H,5-7H2,(H4-,23,24,25,28,33,34,35,37,38)/p+1. The lowest BCUT2D eigenvalue weighted by molar-refractivity contribution is -0.502. The summed E-state index contributed by atoms with van der Waals surface area (Å²) in [5.41, 5.74) is 5.32. The van der Waals surface area contributed by atoms with Crippen molar-refractivity contribution in [2.24, 2.45) is 11.1 Å². The first-order valence-corrected chi connectivity index (χ1v) is 14.8. The van der Waals surface area contributed by atoms with E-state index in [1.807, 2.05) is 0 Å². The molecule has 3 aromatic rings. The first kappa shape index (κ1) is 29.4.